The van der Waals surface area contributed by atoms with Crippen molar-refractivity contribution in [3.8, 4) is 22.9 Å². The van der Waals surface area contributed by atoms with Crippen LogP contribution in [0.5, 0.6) is 11.5 Å². The lowest BCUT2D eigenvalue weighted by Gasteiger charge is -2.07. The Morgan fingerprint density at radius 2 is 2.20 bits per heavy atom. The molecule has 0 radical (unpaired) electrons. The quantitative estimate of drug-likeness (QED) is 0.924. The van der Waals surface area contributed by atoms with E-state index >= 15 is 0 Å². The van der Waals surface area contributed by atoms with Crippen LogP contribution in [0.3, 0.4) is 0 Å². The molecule has 2 heterocycles. The number of rotatable bonds is 2. The van der Waals surface area contributed by atoms with Gasteiger partial charge in [0, 0.05) is 11.1 Å². The first-order valence-electron chi connectivity index (χ1n) is 6.29. The first-order valence-corrected chi connectivity index (χ1v) is 6.67. The van der Waals surface area contributed by atoms with Crippen molar-refractivity contribution in [2.75, 3.05) is 6.79 Å². The highest BCUT2D eigenvalue weighted by Crippen LogP contribution is 2.41. The summed E-state index contributed by atoms with van der Waals surface area (Å²) in [4.78, 5) is 19.2. The normalized spacial score (nSPS) is 12.8. The van der Waals surface area contributed by atoms with E-state index in [0.717, 1.165) is 5.69 Å². The number of nitrogens with one attached hydrogen (secondary N) is 1. The van der Waals surface area contributed by atoms with Crippen molar-refractivity contribution in [2.45, 2.75) is 20.3 Å². The van der Waals surface area contributed by atoms with Gasteiger partial charge in [0.15, 0.2) is 11.5 Å². The molecule has 0 saturated heterocycles. The smallest absolute Gasteiger partial charge is 0.254 e. The van der Waals surface area contributed by atoms with E-state index in [0.29, 0.717) is 39.9 Å². The zero-order valence-corrected chi connectivity index (χ0v) is 11.9. The second-order valence-corrected chi connectivity index (χ2v) is 4.94. The minimum atomic E-state index is -0.138. The summed E-state index contributed by atoms with van der Waals surface area (Å²) in [5.74, 6) is 1.58. The number of aryl methyl sites for hydroxylation is 1. The van der Waals surface area contributed by atoms with Crippen molar-refractivity contribution in [1.29, 1.82) is 0 Å². The Balaban J connectivity index is 2.17. The van der Waals surface area contributed by atoms with Crippen molar-refractivity contribution in [2.24, 2.45) is 0 Å². The summed E-state index contributed by atoms with van der Waals surface area (Å²) < 4.78 is 10.6. The van der Waals surface area contributed by atoms with Gasteiger partial charge in [0.05, 0.1) is 10.7 Å². The lowest BCUT2D eigenvalue weighted by atomic mass is 10.1. The zero-order chi connectivity index (χ0) is 14.3. The number of aromatic nitrogens is 2. The summed E-state index contributed by atoms with van der Waals surface area (Å²) >= 11 is 6.14. The summed E-state index contributed by atoms with van der Waals surface area (Å²) in [5.41, 5.74) is 1.98. The van der Waals surface area contributed by atoms with E-state index in [-0.39, 0.29) is 12.4 Å². The van der Waals surface area contributed by atoms with Crippen molar-refractivity contribution >= 4 is 11.6 Å². The van der Waals surface area contributed by atoms with E-state index in [1.54, 1.807) is 19.1 Å². The van der Waals surface area contributed by atoms with Gasteiger partial charge in [0.25, 0.3) is 5.56 Å². The summed E-state index contributed by atoms with van der Waals surface area (Å²) in [6, 6.07) is 3.48. The molecule has 104 valence electrons. The molecule has 20 heavy (non-hydrogen) atoms. The molecule has 1 aromatic carbocycles. The molecule has 1 aromatic heterocycles. The molecule has 1 N–H and O–H groups in total. The molecule has 0 bridgehead atoms. The fourth-order valence-electron chi connectivity index (χ4n) is 2.16. The van der Waals surface area contributed by atoms with Crippen LogP contribution in [0.2, 0.25) is 5.02 Å². The largest absolute Gasteiger partial charge is 0.454 e. The van der Waals surface area contributed by atoms with Crippen LogP contribution in [0.4, 0.5) is 0 Å². The number of aromatic amines is 1. The average molecular weight is 293 g/mol. The molecule has 0 unspecified atom stereocenters. The van der Waals surface area contributed by atoms with Gasteiger partial charge in [-0.3, -0.25) is 4.79 Å². The van der Waals surface area contributed by atoms with E-state index in [2.05, 4.69) is 9.97 Å². The fourth-order valence-corrected chi connectivity index (χ4v) is 2.43. The number of nitrogens with zero attached hydrogens (tertiary/aromatic N) is 1. The molecular weight excluding hydrogens is 280 g/mol. The Kier molecular flexibility index (Phi) is 3.14. The summed E-state index contributed by atoms with van der Waals surface area (Å²) in [6.07, 6.45) is 0.695. The van der Waals surface area contributed by atoms with Crippen LogP contribution in [-0.4, -0.2) is 16.8 Å². The maximum Gasteiger partial charge on any atom is 0.254 e. The molecule has 0 amide bonds. The molecule has 0 aliphatic carbocycles. The Bertz CT molecular complexity index is 740. The third-order valence-electron chi connectivity index (χ3n) is 3.29. The number of halogens is 1. The maximum atomic E-state index is 11.9. The second kappa shape index (κ2) is 4.83. The molecule has 0 spiro atoms. The van der Waals surface area contributed by atoms with E-state index in [9.17, 15) is 4.79 Å². The number of H-pyrrole nitrogens is 1. The third-order valence-corrected chi connectivity index (χ3v) is 3.57. The van der Waals surface area contributed by atoms with Gasteiger partial charge < -0.3 is 14.5 Å². The molecule has 3 rings (SSSR count). The Hall–Kier alpha value is -2.01. The van der Waals surface area contributed by atoms with Gasteiger partial charge in [-0.05, 0) is 25.5 Å². The van der Waals surface area contributed by atoms with Gasteiger partial charge >= 0.3 is 0 Å². The third kappa shape index (κ3) is 2.04. The molecule has 5 nitrogen and oxygen atoms in total. The molecule has 6 heteroatoms. The monoisotopic (exact) mass is 292 g/mol. The van der Waals surface area contributed by atoms with Gasteiger partial charge in [-0.25, -0.2) is 4.98 Å². The Morgan fingerprint density at radius 3 is 2.95 bits per heavy atom. The van der Waals surface area contributed by atoms with Crippen LogP contribution in [0.15, 0.2) is 16.9 Å². The van der Waals surface area contributed by atoms with Gasteiger partial charge in [-0.2, -0.15) is 0 Å². The van der Waals surface area contributed by atoms with Gasteiger partial charge in [0.1, 0.15) is 5.82 Å². The Labute approximate surface area is 120 Å². The van der Waals surface area contributed by atoms with Gasteiger partial charge in [-0.15, -0.1) is 0 Å². The molecule has 1 aliphatic heterocycles. The minimum Gasteiger partial charge on any atom is -0.454 e. The van der Waals surface area contributed by atoms with E-state index in [4.69, 9.17) is 21.1 Å². The zero-order valence-electron chi connectivity index (χ0n) is 11.1. The lowest BCUT2D eigenvalue weighted by Crippen LogP contribution is -2.15. The van der Waals surface area contributed by atoms with Crippen molar-refractivity contribution < 1.29 is 9.47 Å². The predicted octanol–water partition coefficient (Wildman–Crippen LogP) is 2.69. The highest BCUT2D eigenvalue weighted by molar-refractivity contribution is 6.32. The number of ether oxygens (including phenoxy) is 2. The predicted molar refractivity (Wildman–Crippen MR) is 75.5 cm³/mol. The highest BCUT2D eigenvalue weighted by atomic mass is 35.5. The molecule has 2 aromatic rings. The number of hydrogen-bond acceptors (Lipinski definition) is 4. The maximum absolute atomic E-state index is 11.9. The van der Waals surface area contributed by atoms with Crippen LogP contribution >= 0.6 is 11.6 Å². The standard InChI is InChI=1S/C14H13ClN2O3/c1-3-10-7(2)14(18)17-13(16-10)8-4-9(15)12-11(5-8)19-6-20-12/h4-5H,3,6H2,1-2H3,(H,16,17,18). The topological polar surface area (TPSA) is 64.2 Å². The molecule has 0 saturated carbocycles. The summed E-state index contributed by atoms with van der Waals surface area (Å²) in [6.45, 7) is 3.88. The SMILES string of the molecule is CCc1nc(-c2cc(Cl)c3c(c2)OCO3)[nH]c(=O)c1C. The van der Waals surface area contributed by atoms with E-state index in [1.807, 2.05) is 6.92 Å². The van der Waals surface area contributed by atoms with Crippen LogP contribution in [0, 0.1) is 6.92 Å². The molecule has 1 aliphatic rings. The van der Waals surface area contributed by atoms with E-state index < -0.39 is 0 Å². The first kappa shape index (κ1) is 13.0. The highest BCUT2D eigenvalue weighted by Gasteiger charge is 2.20. The number of hydrogen-bond donors (Lipinski definition) is 1. The summed E-state index contributed by atoms with van der Waals surface area (Å²) in [7, 11) is 0. The molecule has 0 fully saturated rings. The molecular formula is C14H13ClN2O3. The number of benzene rings is 1. The fraction of sp³-hybridized carbons (Fsp3) is 0.286. The van der Waals surface area contributed by atoms with Crippen molar-refractivity contribution in [3.63, 3.8) is 0 Å². The summed E-state index contributed by atoms with van der Waals surface area (Å²) in [5, 5.41) is 0.441. The van der Waals surface area contributed by atoms with Gasteiger partial charge in [-0.1, -0.05) is 18.5 Å². The van der Waals surface area contributed by atoms with Crippen LogP contribution in [0.1, 0.15) is 18.2 Å². The lowest BCUT2D eigenvalue weighted by molar-refractivity contribution is 0.174. The average Bonchev–Trinajstić information content (AvgIpc) is 2.90. The van der Waals surface area contributed by atoms with Crippen molar-refractivity contribution in [1.82, 2.24) is 9.97 Å². The van der Waals surface area contributed by atoms with Crippen LogP contribution < -0.4 is 15.0 Å². The van der Waals surface area contributed by atoms with Crippen LogP contribution in [-0.2, 0) is 6.42 Å². The minimum absolute atomic E-state index is 0.138. The van der Waals surface area contributed by atoms with Gasteiger partial charge in [0.2, 0.25) is 6.79 Å². The molecule has 0 atom stereocenters. The first-order chi connectivity index (χ1) is 9.60. The second-order valence-electron chi connectivity index (χ2n) is 4.53. The number of fused-ring (bicyclic) bond motifs is 1. The Morgan fingerprint density at radius 1 is 1.40 bits per heavy atom. The van der Waals surface area contributed by atoms with E-state index in [1.165, 1.54) is 0 Å². The van der Waals surface area contributed by atoms with Crippen LogP contribution in [0.25, 0.3) is 11.4 Å². The van der Waals surface area contributed by atoms with Crippen molar-refractivity contribution in [3.05, 3.63) is 38.8 Å².